The summed E-state index contributed by atoms with van der Waals surface area (Å²) in [6.45, 7) is 0. The Kier molecular flexibility index (Phi) is 7.67. The monoisotopic (exact) mass is 490 g/mol. The van der Waals surface area contributed by atoms with Crippen molar-refractivity contribution in [3.05, 3.63) is 83.1 Å². The van der Waals surface area contributed by atoms with Crippen molar-refractivity contribution in [2.45, 2.75) is 17.7 Å². The summed E-state index contributed by atoms with van der Waals surface area (Å²) in [4.78, 5) is 24.3. The zero-order valence-electron chi connectivity index (χ0n) is 17.5. The standard InChI is InChI=1S/C23H20ClFN2O5S/c1-32-21-12-10-17(14-22(21)33(30,31)27-19-5-3-2-4-18(19)24)26-23(29)13-11-20(28)15-6-8-16(25)9-7-15/h2-10,12,14,27H,11,13H2,1H3,(H,26,29). The Morgan fingerprint density at radius 2 is 1.70 bits per heavy atom. The summed E-state index contributed by atoms with van der Waals surface area (Å²) in [6.07, 6.45) is -0.227. The molecule has 0 aliphatic heterocycles. The molecule has 0 atom stereocenters. The van der Waals surface area contributed by atoms with Gasteiger partial charge in [-0.05, 0) is 54.6 Å². The molecule has 0 bridgehead atoms. The summed E-state index contributed by atoms with van der Waals surface area (Å²) in [5.41, 5.74) is 0.692. The number of halogens is 2. The molecule has 0 radical (unpaired) electrons. The molecule has 0 aromatic heterocycles. The highest BCUT2D eigenvalue weighted by atomic mass is 35.5. The fraction of sp³-hybridized carbons (Fsp3) is 0.130. The highest BCUT2D eigenvalue weighted by Crippen LogP contribution is 2.31. The molecular weight excluding hydrogens is 471 g/mol. The van der Waals surface area contributed by atoms with Crippen LogP contribution in [0.4, 0.5) is 15.8 Å². The molecule has 0 saturated carbocycles. The molecule has 3 aromatic carbocycles. The topological polar surface area (TPSA) is 102 Å². The lowest BCUT2D eigenvalue weighted by atomic mass is 10.1. The van der Waals surface area contributed by atoms with Gasteiger partial charge in [-0.2, -0.15) is 0 Å². The van der Waals surface area contributed by atoms with Crippen molar-refractivity contribution in [3.63, 3.8) is 0 Å². The molecule has 172 valence electrons. The third-order valence-corrected chi connectivity index (χ3v) is 6.32. The van der Waals surface area contributed by atoms with E-state index in [2.05, 4.69) is 10.0 Å². The van der Waals surface area contributed by atoms with Crippen molar-refractivity contribution in [2.75, 3.05) is 17.1 Å². The van der Waals surface area contributed by atoms with Gasteiger partial charge in [-0.1, -0.05) is 23.7 Å². The van der Waals surface area contributed by atoms with Crippen LogP contribution in [0.3, 0.4) is 0 Å². The van der Waals surface area contributed by atoms with Crippen molar-refractivity contribution < 1.29 is 27.1 Å². The Bertz CT molecular complexity index is 1280. The lowest BCUT2D eigenvalue weighted by Crippen LogP contribution is -2.16. The Labute approximate surface area is 195 Å². The van der Waals surface area contributed by atoms with E-state index in [1.54, 1.807) is 18.2 Å². The molecule has 3 rings (SSSR count). The molecule has 0 unspecified atom stereocenters. The summed E-state index contributed by atoms with van der Waals surface area (Å²) in [6, 6.07) is 15.5. The van der Waals surface area contributed by atoms with Gasteiger partial charge in [0.05, 0.1) is 17.8 Å². The van der Waals surface area contributed by atoms with E-state index >= 15 is 0 Å². The highest BCUT2D eigenvalue weighted by molar-refractivity contribution is 7.92. The summed E-state index contributed by atoms with van der Waals surface area (Å²) in [5, 5.41) is 2.79. The van der Waals surface area contributed by atoms with Crippen LogP contribution in [0.5, 0.6) is 5.75 Å². The maximum absolute atomic E-state index is 13.0. The quantitative estimate of drug-likeness (QED) is 0.416. The molecule has 0 spiro atoms. The number of Topliss-reactive ketones (excluding diaryl/α,β-unsaturated/α-hetero) is 1. The van der Waals surface area contributed by atoms with E-state index in [0.717, 1.165) is 0 Å². The fourth-order valence-corrected chi connectivity index (χ4v) is 4.45. The maximum Gasteiger partial charge on any atom is 0.265 e. The molecular formula is C23H20ClFN2O5S. The smallest absolute Gasteiger partial charge is 0.265 e. The SMILES string of the molecule is COc1ccc(NC(=O)CCC(=O)c2ccc(F)cc2)cc1S(=O)(=O)Nc1ccccc1Cl. The first-order chi connectivity index (χ1) is 15.7. The molecule has 2 N–H and O–H groups in total. The number of carbonyl (C=O) groups is 2. The number of sulfonamides is 1. The predicted octanol–water partition coefficient (Wildman–Crippen LogP) is 4.89. The Morgan fingerprint density at radius 3 is 2.36 bits per heavy atom. The Balaban J connectivity index is 1.72. The minimum absolute atomic E-state index is 0.0686. The number of benzene rings is 3. The third-order valence-electron chi connectivity index (χ3n) is 4.60. The van der Waals surface area contributed by atoms with Gasteiger partial charge in [-0.25, -0.2) is 12.8 Å². The molecule has 0 saturated heterocycles. The van der Waals surface area contributed by atoms with E-state index in [1.807, 2.05) is 0 Å². The molecule has 10 heteroatoms. The van der Waals surface area contributed by atoms with Crippen LogP contribution < -0.4 is 14.8 Å². The van der Waals surface area contributed by atoms with Crippen molar-refractivity contribution in [2.24, 2.45) is 0 Å². The zero-order chi connectivity index (χ0) is 24.0. The van der Waals surface area contributed by atoms with Crippen LogP contribution in [0.1, 0.15) is 23.2 Å². The number of anilines is 2. The Hall–Kier alpha value is -3.43. The second-order valence-corrected chi connectivity index (χ2v) is 8.99. The van der Waals surface area contributed by atoms with Gasteiger partial charge in [0.25, 0.3) is 10.0 Å². The molecule has 0 heterocycles. The van der Waals surface area contributed by atoms with Gasteiger partial charge < -0.3 is 10.1 Å². The molecule has 0 aliphatic carbocycles. The minimum atomic E-state index is -4.10. The average Bonchev–Trinajstić information content (AvgIpc) is 2.79. The number of carbonyl (C=O) groups excluding carboxylic acids is 2. The summed E-state index contributed by atoms with van der Waals surface area (Å²) >= 11 is 6.04. The third kappa shape index (κ3) is 6.30. The van der Waals surface area contributed by atoms with Gasteiger partial charge >= 0.3 is 0 Å². The number of hydrogen-bond donors (Lipinski definition) is 2. The molecule has 33 heavy (non-hydrogen) atoms. The van der Waals surface area contributed by atoms with Crippen molar-refractivity contribution in [1.29, 1.82) is 0 Å². The van der Waals surface area contributed by atoms with Crippen molar-refractivity contribution in [1.82, 2.24) is 0 Å². The first-order valence-corrected chi connectivity index (χ1v) is 11.6. The zero-order valence-corrected chi connectivity index (χ0v) is 19.0. The fourth-order valence-electron chi connectivity index (χ4n) is 2.94. The van der Waals surface area contributed by atoms with Gasteiger partial charge in [-0.15, -0.1) is 0 Å². The second-order valence-electron chi connectivity index (χ2n) is 6.93. The Morgan fingerprint density at radius 1 is 1.00 bits per heavy atom. The van der Waals surface area contributed by atoms with Crippen LogP contribution in [-0.2, 0) is 14.8 Å². The summed E-state index contributed by atoms with van der Waals surface area (Å²) in [7, 11) is -2.78. The van der Waals surface area contributed by atoms with Gasteiger partial charge in [-0.3, -0.25) is 14.3 Å². The van der Waals surface area contributed by atoms with E-state index in [0.29, 0.717) is 5.56 Å². The molecule has 3 aromatic rings. The predicted molar refractivity (Wildman–Crippen MR) is 124 cm³/mol. The van der Waals surface area contributed by atoms with Crippen LogP contribution in [0.2, 0.25) is 5.02 Å². The number of ether oxygens (including phenoxy) is 1. The number of ketones is 1. The molecule has 1 amide bonds. The van der Waals surface area contributed by atoms with Crippen LogP contribution in [0.15, 0.2) is 71.6 Å². The number of methoxy groups -OCH3 is 1. The van der Waals surface area contributed by atoms with E-state index < -0.39 is 21.7 Å². The average molecular weight is 491 g/mol. The lowest BCUT2D eigenvalue weighted by molar-refractivity contribution is -0.116. The van der Waals surface area contributed by atoms with Gasteiger partial charge in [0, 0.05) is 24.1 Å². The van der Waals surface area contributed by atoms with E-state index in [4.69, 9.17) is 16.3 Å². The van der Waals surface area contributed by atoms with Gasteiger partial charge in [0.1, 0.15) is 16.5 Å². The number of para-hydroxylation sites is 1. The molecule has 7 nitrogen and oxygen atoms in total. The minimum Gasteiger partial charge on any atom is -0.495 e. The van der Waals surface area contributed by atoms with Crippen LogP contribution in [-0.4, -0.2) is 27.2 Å². The first kappa shape index (κ1) is 24.2. The lowest BCUT2D eigenvalue weighted by Gasteiger charge is -2.14. The van der Waals surface area contributed by atoms with Crippen LogP contribution >= 0.6 is 11.6 Å². The number of hydrogen-bond acceptors (Lipinski definition) is 5. The number of nitrogens with one attached hydrogen (secondary N) is 2. The van der Waals surface area contributed by atoms with Crippen LogP contribution in [0, 0.1) is 5.82 Å². The van der Waals surface area contributed by atoms with E-state index in [-0.39, 0.29) is 45.7 Å². The second kappa shape index (κ2) is 10.5. The number of rotatable bonds is 9. The van der Waals surface area contributed by atoms with Gasteiger partial charge in [0.15, 0.2) is 5.78 Å². The maximum atomic E-state index is 13.0. The normalized spacial score (nSPS) is 11.0. The number of amides is 1. The van der Waals surface area contributed by atoms with Crippen LogP contribution in [0.25, 0.3) is 0 Å². The summed E-state index contributed by atoms with van der Waals surface area (Å²) < 4.78 is 46.4. The van der Waals surface area contributed by atoms with E-state index in [9.17, 15) is 22.4 Å². The largest absolute Gasteiger partial charge is 0.495 e. The highest BCUT2D eigenvalue weighted by Gasteiger charge is 2.22. The first-order valence-electron chi connectivity index (χ1n) is 9.73. The van der Waals surface area contributed by atoms with Crippen molar-refractivity contribution in [3.8, 4) is 5.75 Å². The molecule has 0 aliphatic rings. The summed E-state index contributed by atoms with van der Waals surface area (Å²) in [5.74, 6) is -1.19. The van der Waals surface area contributed by atoms with Crippen molar-refractivity contribution >= 4 is 44.7 Å². The van der Waals surface area contributed by atoms with Gasteiger partial charge in [0.2, 0.25) is 5.91 Å². The molecule has 0 fully saturated rings. The van der Waals surface area contributed by atoms with E-state index in [1.165, 1.54) is 55.6 Å².